The number of fused-ring (bicyclic) bond motifs is 3. The van der Waals surface area contributed by atoms with E-state index >= 15 is 0 Å². The predicted octanol–water partition coefficient (Wildman–Crippen LogP) is 2.99. The topological polar surface area (TPSA) is 17.6 Å². The summed E-state index contributed by atoms with van der Waals surface area (Å²) in [6, 6.07) is 8.21. The molecule has 0 bridgehead atoms. The van der Waals surface area contributed by atoms with Crippen LogP contribution < -0.4 is 0 Å². The highest BCUT2D eigenvalue weighted by Gasteiger charge is 2.04. The molecule has 0 aromatic carbocycles. The number of furan rings is 1. The van der Waals surface area contributed by atoms with Crippen molar-refractivity contribution in [2.45, 2.75) is 6.92 Å². The lowest BCUT2D eigenvalue weighted by atomic mass is 10.2. The summed E-state index contributed by atoms with van der Waals surface area (Å²) in [5, 5.41) is 1.18. The molecule has 3 aromatic rings. The molecule has 0 saturated heterocycles. The lowest BCUT2D eigenvalue weighted by Gasteiger charge is -2.00. The van der Waals surface area contributed by atoms with Gasteiger partial charge in [-0.15, -0.1) is 0 Å². The zero-order chi connectivity index (χ0) is 8.84. The van der Waals surface area contributed by atoms with E-state index in [1.54, 1.807) is 6.26 Å². The molecule has 0 atom stereocenters. The highest BCUT2D eigenvalue weighted by atomic mass is 16.3. The Bertz CT molecular complexity index is 574. The third-order valence-electron chi connectivity index (χ3n) is 2.44. The van der Waals surface area contributed by atoms with E-state index in [-0.39, 0.29) is 0 Å². The highest BCUT2D eigenvalue weighted by molar-refractivity contribution is 5.93. The summed E-state index contributed by atoms with van der Waals surface area (Å²) < 4.78 is 7.53. The van der Waals surface area contributed by atoms with Crippen LogP contribution in [0.3, 0.4) is 0 Å². The summed E-state index contributed by atoms with van der Waals surface area (Å²) in [4.78, 5) is 0. The first-order valence-corrected chi connectivity index (χ1v) is 4.30. The zero-order valence-corrected chi connectivity index (χ0v) is 7.32. The van der Waals surface area contributed by atoms with Crippen LogP contribution in [0.5, 0.6) is 0 Å². The molecule has 0 aliphatic carbocycles. The largest absolute Gasteiger partial charge is 0.464 e. The van der Waals surface area contributed by atoms with Crippen LogP contribution >= 0.6 is 0 Å². The SMILES string of the molecule is Cc1cc2occc2c2cccn12. The van der Waals surface area contributed by atoms with Gasteiger partial charge in [0.2, 0.25) is 0 Å². The Balaban J connectivity index is 2.70. The van der Waals surface area contributed by atoms with Gasteiger partial charge in [-0.25, -0.2) is 0 Å². The third-order valence-corrected chi connectivity index (χ3v) is 2.44. The number of rotatable bonds is 0. The number of aromatic nitrogens is 1. The normalized spacial score (nSPS) is 11.5. The van der Waals surface area contributed by atoms with Gasteiger partial charge in [-0.2, -0.15) is 0 Å². The van der Waals surface area contributed by atoms with Crippen LogP contribution in [0.4, 0.5) is 0 Å². The molecule has 0 N–H and O–H groups in total. The average molecular weight is 171 g/mol. The molecule has 3 rings (SSSR count). The van der Waals surface area contributed by atoms with Gasteiger partial charge in [-0.05, 0) is 25.1 Å². The summed E-state index contributed by atoms with van der Waals surface area (Å²) in [5.74, 6) is 0. The van der Waals surface area contributed by atoms with Gasteiger partial charge in [0, 0.05) is 23.3 Å². The lowest BCUT2D eigenvalue weighted by molar-refractivity contribution is 0.615. The van der Waals surface area contributed by atoms with Crippen LogP contribution in [-0.4, -0.2) is 4.40 Å². The maximum absolute atomic E-state index is 5.36. The molecule has 64 valence electrons. The molecule has 3 heterocycles. The van der Waals surface area contributed by atoms with Gasteiger partial charge in [-0.1, -0.05) is 0 Å². The molecule has 0 aliphatic heterocycles. The predicted molar refractivity (Wildman–Crippen MR) is 51.9 cm³/mol. The van der Waals surface area contributed by atoms with E-state index in [0.29, 0.717) is 0 Å². The zero-order valence-electron chi connectivity index (χ0n) is 7.32. The minimum absolute atomic E-state index is 0.962. The van der Waals surface area contributed by atoms with Gasteiger partial charge in [0.25, 0.3) is 0 Å². The quantitative estimate of drug-likeness (QED) is 0.508. The van der Waals surface area contributed by atoms with Crippen molar-refractivity contribution in [2.75, 3.05) is 0 Å². The van der Waals surface area contributed by atoms with Crippen LogP contribution in [0.25, 0.3) is 16.5 Å². The maximum Gasteiger partial charge on any atom is 0.137 e. The molecule has 3 aromatic heterocycles. The average Bonchev–Trinajstić information content (AvgIpc) is 2.66. The molecule has 0 fully saturated rings. The molecule has 0 saturated carbocycles. The van der Waals surface area contributed by atoms with Gasteiger partial charge in [0.15, 0.2) is 0 Å². The summed E-state index contributed by atoms with van der Waals surface area (Å²) in [6.45, 7) is 2.08. The molecule has 0 radical (unpaired) electrons. The maximum atomic E-state index is 5.36. The Hall–Kier alpha value is -1.70. The second-order valence-electron chi connectivity index (χ2n) is 3.25. The first-order chi connectivity index (χ1) is 6.36. The van der Waals surface area contributed by atoms with E-state index in [0.717, 1.165) is 5.58 Å². The standard InChI is InChI=1S/C11H9NO/c1-8-7-11-9(4-6-13-11)10-3-2-5-12(8)10/h2-7H,1H3. The fourth-order valence-electron chi connectivity index (χ4n) is 1.81. The van der Waals surface area contributed by atoms with Crippen molar-refractivity contribution in [3.05, 3.63) is 42.4 Å². The highest BCUT2D eigenvalue weighted by Crippen LogP contribution is 2.23. The smallest absolute Gasteiger partial charge is 0.137 e. The van der Waals surface area contributed by atoms with Gasteiger partial charge in [0.1, 0.15) is 5.58 Å². The number of hydrogen-bond donors (Lipinski definition) is 0. The molecule has 2 heteroatoms. The van der Waals surface area contributed by atoms with Crippen molar-refractivity contribution in [2.24, 2.45) is 0 Å². The Morgan fingerprint density at radius 1 is 1.31 bits per heavy atom. The van der Waals surface area contributed by atoms with Crippen molar-refractivity contribution >= 4 is 16.5 Å². The van der Waals surface area contributed by atoms with Crippen molar-refractivity contribution in [1.29, 1.82) is 0 Å². The Morgan fingerprint density at radius 3 is 3.15 bits per heavy atom. The fraction of sp³-hybridized carbons (Fsp3) is 0.0909. The summed E-state index contributed by atoms with van der Waals surface area (Å²) >= 11 is 0. The monoisotopic (exact) mass is 171 g/mol. The molecule has 13 heavy (non-hydrogen) atoms. The summed E-state index contributed by atoms with van der Waals surface area (Å²) in [7, 11) is 0. The van der Waals surface area contributed by atoms with Crippen LogP contribution in [0.15, 0.2) is 41.1 Å². The molecule has 0 amide bonds. The Kier molecular flexibility index (Phi) is 1.13. The van der Waals surface area contributed by atoms with Gasteiger partial charge in [0.05, 0.1) is 11.8 Å². The van der Waals surface area contributed by atoms with Gasteiger partial charge < -0.3 is 8.82 Å². The molecule has 0 unspecified atom stereocenters. The number of aryl methyl sites for hydroxylation is 1. The van der Waals surface area contributed by atoms with Crippen LogP contribution in [0.2, 0.25) is 0 Å². The van der Waals surface area contributed by atoms with Crippen LogP contribution in [0, 0.1) is 6.92 Å². The van der Waals surface area contributed by atoms with E-state index in [9.17, 15) is 0 Å². The Morgan fingerprint density at radius 2 is 2.23 bits per heavy atom. The molecular weight excluding hydrogens is 162 g/mol. The van der Waals surface area contributed by atoms with E-state index < -0.39 is 0 Å². The van der Waals surface area contributed by atoms with Crippen molar-refractivity contribution in [3.63, 3.8) is 0 Å². The number of pyridine rings is 1. The van der Waals surface area contributed by atoms with Gasteiger partial charge >= 0.3 is 0 Å². The first-order valence-electron chi connectivity index (χ1n) is 4.30. The first kappa shape index (κ1) is 6.78. The summed E-state index contributed by atoms with van der Waals surface area (Å²) in [5.41, 5.74) is 3.37. The van der Waals surface area contributed by atoms with Gasteiger partial charge in [-0.3, -0.25) is 0 Å². The van der Waals surface area contributed by atoms with Crippen molar-refractivity contribution < 1.29 is 4.42 Å². The van der Waals surface area contributed by atoms with E-state index in [4.69, 9.17) is 4.42 Å². The number of hydrogen-bond acceptors (Lipinski definition) is 1. The minimum atomic E-state index is 0.962. The van der Waals surface area contributed by atoms with E-state index in [1.807, 2.05) is 6.07 Å². The third kappa shape index (κ3) is 0.773. The Labute approximate surface area is 75.4 Å². The minimum Gasteiger partial charge on any atom is -0.464 e. The van der Waals surface area contributed by atoms with Crippen molar-refractivity contribution in [1.82, 2.24) is 4.40 Å². The molecular formula is C11H9NO. The lowest BCUT2D eigenvalue weighted by Crippen LogP contribution is -1.87. The van der Waals surface area contributed by atoms with Crippen LogP contribution in [-0.2, 0) is 0 Å². The van der Waals surface area contributed by atoms with E-state index in [1.165, 1.54) is 16.6 Å². The van der Waals surface area contributed by atoms with Crippen LogP contribution in [0.1, 0.15) is 5.69 Å². The number of nitrogens with zero attached hydrogens (tertiary/aromatic N) is 1. The van der Waals surface area contributed by atoms with E-state index in [2.05, 4.69) is 35.7 Å². The molecule has 0 spiro atoms. The fourth-order valence-corrected chi connectivity index (χ4v) is 1.81. The molecule has 2 nitrogen and oxygen atoms in total. The van der Waals surface area contributed by atoms with Crippen molar-refractivity contribution in [3.8, 4) is 0 Å². The second kappa shape index (κ2) is 2.16. The summed E-state index contributed by atoms with van der Waals surface area (Å²) in [6.07, 6.45) is 3.80. The molecule has 0 aliphatic rings. The second-order valence-corrected chi connectivity index (χ2v) is 3.25.